The molecule has 1 N–H and O–H groups in total. The molecule has 3 heterocycles. The van der Waals surface area contributed by atoms with Gasteiger partial charge in [-0.2, -0.15) is 0 Å². The van der Waals surface area contributed by atoms with E-state index in [1.807, 2.05) is 22.4 Å². The molecule has 37 heavy (non-hydrogen) atoms. The molecule has 0 saturated carbocycles. The van der Waals surface area contributed by atoms with Crippen molar-refractivity contribution >= 4 is 28.8 Å². The van der Waals surface area contributed by atoms with E-state index in [1.54, 1.807) is 34.1 Å². The lowest BCUT2D eigenvalue weighted by Crippen LogP contribution is -2.42. The molecule has 11 heteroatoms. The molecule has 1 aromatic carbocycles. The molecule has 0 unspecified atom stereocenters. The van der Waals surface area contributed by atoms with E-state index in [0.29, 0.717) is 34.5 Å². The Morgan fingerprint density at radius 2 is 2.00 bits per heavy atom. The van der Waals surface area contributed by atoms with Crippen molar-refractivity contribution in [3.63, 3.8) is 0 Å². The Morgan fingerprint density at radius 3 is 2.70 bits per heavy atom. The van der Waals surface area contributed by atoms with Crippen LogP contribution in [0, 0.1) is 0 Å². The third-order valence-corrected chi connectivity index (χ3v) is 7.31. The number of carbonyl (C=O) groups is 2. The van der Waals surface area contributed by atoms with Crippen LogP contribution in [-0.4, -0.2) is 87.1 Å². The van der Waals surface area contributed by atoms with Gasteiger partial charge in [0.2, 0.25) is 5.91 Å². The molecule has 1 saturated heterocycles. The Hall–Kier alpha value is -3.02. The highest BCUT2D eigenvalue weighted by molar-refractivity contribution is 8.16. The van der Waals surface area contributed by atoms with Gasteiger partial charge in [0, 0.05) is 37.4 Å². The van der Waals surface area contributed by atoms with E-state index >= 15 is 0 Å². The second-order valence-electron chi connectivity index (χ2n) is 8.70. The predicted octanol–water partition coefficient (Wildman–Crippen LogP) is 2.68. The Kier molecular flexibility index (Phi) is 9.12. The summed E-state index contributed by atoms with van der Waals surface area (Å²) in [4.78, 5) is 35.0. The fourth-order valence-electron chi connectivity index (χ4n) is 4.59. The number of fused-ring (bicyclic) bond motifs is 1. The van der Waals surface area contributed by atoms with Gasteiger partial charge >= 0.3 is 5.97 Å². The van der Waals surface area contributed by atoms with E-state index in [9.17, 15) is 9.59 Å². The average molecular weight is 531 g/mol. The lowest BCUT2D eigenvalue weighted by atomic mass is 9.93. The molecule has 0 aliphatic carbocycles. The van der Waals surface area contributed by atoms with E-state index < -0.39 is 12.0 Å². The van der Waals surface area contributed by atoms with Crippen molar-refractivity contribution in [3.8, 4) is 11.5 Å². The minimum Gasteiger partial charge on any atom is -0.497 e. The number of thioether (sulfide) groups is 1. The number of nitrogens with zero attached hydrogens (tertiary/aromatic N) is 3. The molecule has 3 aliphatic heterocycles. The number of hydrogen-bond donors (Lipinski definition) is 1. The third-order valence-electron chi connectivity index (χ3n) is 6.42. The first-order valence-electron chi connectivity index (χ1n) is 12.4. The summed E-state index contributed by atoms with van der Waals surface area (Å²) < 4.78 is 22.0. The first-order valence-corrected chi connectivity index (χ1v) is 13.2. The number of hydrogen-bond acceptors (Lipinski definition) is 10. The normalized spacial score (nSPS) is 19.7. The Labute approximate surface area is 221 Å². The van der Waals surface area contributed by atoms with E-state index in [0.717, 1.165) is 44.1 Å². The van der Waals surface area contributed by atoms with Gasteiger partial charge in [-0.05, 0) is 37.5 Å². The summed E-state index contributed by atoms with van der Waals surface area (Å²) in [7, 11) is 3.17. The first kappa shape index (κ1) is 27.0. The van der Waals surface area contributed by atoms with Crippen LogP contribution in [0.15, 0.2) is 45.6 Å². The van der Waals surface area contributed by atoms with Gasteiger partial charge in [0.15, 0.2) is 5.17 Å². The average Bonchev–Trinajstić information content (AvgIpc) is 3.29. The minimum atomic E-state index is -0.598. The molecule has 4 rings (SSSR count). The van der Waals surface area contributed by atoms with Gasteiger partial charge in [-0.3, -0.25) is 9.69 Å². The summed E-state index contributed by atoms with van der Waals surface area (Å²) >= 11 is 1.43. The number of amidine groups is 1. The summed E-state index contributed by atoms with van der Waals surface area (Å²) in [6.07, 6.45) is 0.146. The molecule has 0 aromatic heterocycles. The molecule has 10 nitrogen and oxygen atoms in total. The van der Waals surface area contributed by atoms with Gasteiger partial charge in [0.1, 0.15) is 11.5 Å². The molecule has 0 radical (unpaired) electrons. The van der Waals surface area contributed by atoms with Crippen molar-refractivity contribution < 1.29 is 28.5 Å². The topological polar surface area (TPSA) is 102 Å². The summed E-state index contributed by atoms with van der Waals surface area (Å²) in [5.41, 5.74) is 2.43. The maximum atomic E-state index is 13.2. The maximum Gasteiger partial charge on any atom is 0.338 e. The van der Waals surface area contributed by atoms with Crippen molar-refractivity contribution in [2.75, 3.05) is 60.2 Å². The Balaban J connectivity index is 1.60. The standard InChI is InChI=1S/C26H34N4O6S/c1-5-36-25(32)23-17(2)28-26-30(24(23)20-15-19(33-3)6-7-21(20)34-4)18(16-37-26)14-22(31)27-8-9-29-10-12-35-13-11-29/h6-7,15-16,24H,5,8-14H2,1-4H3,(H,27,31)/t24-/m1/s1. The number of esters is 1. The van der Waals surface area contributed by atoms with E-state index in [-0.39, 0.29) is 18.9 Å². The van der Waals surface area contributed by atoms with Crippen LogP contribution in [0.5, 0.6) is 11.5 Å². The van der Waals surface area contributed by atoms with Crippen LogP contribution in [0.1, 0.15) is 31.9 Å². The number of methoxy groups -OCH3 is 2. The first-order chi connectivity index (χ1) is 18.0. The Bertz CT molecular complexity index is 1110. The van der Waals surface area contributed by atoms with Gasteiger partial charge in [-0.15, -0.1) is 0 Å². The fraction of sp³-hybridized carbons (Fsp3) is 0.500. The minimum absolute atomic E-state index is 0.0957. The summed E-state index contributed by atoms with van der Waals surface area (Å²) in [5, 5.41) is 5.63. The number of aliphatic imine (C=N–C) groups is 1. The molecular weight excluding hydrogens is 496 g/mol. The van der Waals surface area contributed by atoms with Crippen molar-refractivity contribution in [1.82, 2.24) is 15.1 Å². The highest BCUT2D eigenvalue weighted by atomic mass is 32.2. The van der Waals surface area contributed by atoms with E-state index in [4.69, 9.17) is 23.9 Å². The zero-order chi connectivity index (χ0) is 26.4. The van der Waals surface area contributed by atoms with Crippen molar-refractivity contribution in [3.05, 3.63) is 46.1 Å². The molecule has 3 aliphatic rings. The van der Waals surface area contributed by atoms with Gasteiger partial charge < -0.3 is 29.2 Å². The molecule has 200 valence electrons. The zero-order valence-corrected chi connectivity index (χ0v) is 22.6. The molecule has 0 spiro atoms. The van der Waals surface area contributed by atoms with Crippen LogP contribution < -0.4 is 14.8 Å². The molecule has 1 aromatic rings. The number of allylic oxidation sites excluding steroid dienone is 1. The number of carbonyl (C=O) groups excluding carboxylic acids is 2. The molecule has 1 amide bonds. The number of morpholine rings is 1. The van der Waals surface area contributed by atoms with E-state index in [2.05, 4.69) is 10.2 Å². The van der Waals surface area contributed by atoms with Gasteiger partial charge in [0.05, 0.1) is 57.8 Å². The van der Waals surface area contributed by atoms with Crippen molar-refractivity contribution in [2.45, 2.75) is 26.3 Å². The van der Waals surface area contributed by atoms with Crippen molar-refractivity contribution in [2.24, 2.45) is 4.99 Å². The Morgan fingerprint density at radius 1 is 1.22 bits per heavy atom. The molecular formula is C26H34N4O6S. The quantitative estimate of drug-likeness (QED) is 0.458. The second-order valence-corrected chi connectivity index (χ2v) is 9.54. The van der Waals surface area contributed by atoms with Gasteiger partial charge in [-0.25, -0.2) is 9.79 Å². The maximum absolute atomic E-state index is 13.2. The third kappa shape index (κ3) is 6.11. The number of amides is 1. The monoisotopic (exact) mass is 530 g/mol. The molecule has 0 bridgehead atoms. The van der Waals surface area contributed by atoms with Crippen LogP contribution in [-0.2, 0) is 19.1 Å². The zero-order valence-electron chi connectivity index (χ0n) is 21.7. The highest BCUT2D eigenvalue weighted by Crippen LogP contribution is 2.47. The number of rotatable bonds is 10. The van der Waals surface area contributed by atoms with Crippen LogP contribution in [0.2, 0.25) is 0 Å². The fourth-order valence-corrected chi connectivity index (χ4v) is 5.56. The van der Waals surface area contributed by atoms with Crippen LogP contribution in [0.25, 0.3) is 0 Å². The molecule has 1 fully saturated rings. The number of nitrogens with one attached hydrogen (secondary N) is 1. The lowest BCUT2D eigenvalue weighted by Gasteiger charge is -2.36. The SMILES string of the molecule is CCOC(=O)C1=C(C)N=C2SC=C(CC(=O)NCCN3CCOCC3)N2[C@@H]1c1cc(OC)ccc1OC. The van der Waals surface area contributed by atoms with Crippen LogP contribution >= 0.6 is 11.8 Å². The van der Waals surface area contributed by atoms with Crippen LogP contribution in [0.3, 0.4) is 0 Å². The predicted molar refractivity (Wildman–Crippen MR) is 141 cm³/mol. The van der Waals surface area contributed by atoms with Gasteiger partial charge in [0.25, 0.3) is 0 Å². The smallest absolute Gasteiger partial charge is 0.338 e. The van der Waals surface area contributed by atoms with E-state index in [1.165, 1.54) is 11.8 Å². The second kappa shape index (κ2) is 12.5. The summed E-state index contributed by atoms with van der Waals surface area (Å²) in [5.74, 6) is 0.664. The highest BCUT2D eigenvalue weighted by Gasteiger charge is 2.42. The number of benzene rings is 1. The molecule has 1 atom stereocenters. The summed E-state index contributed by atoms with van der Waals surface area (Å²) in [6.45, 7) is 8.32. The largest absolute Gasteiger partial charge is 0.497 e. The van der Waals surface area contributed by atoms with Gasteiger partial charge in [-0.1, -0.05) is 11.8 Å². The number of ether oxygens (including phenoxy) is 4. The van der Waals surface area contributed by atoms with Crippen LogP contribution in [0.4, 0.5) is 0 Å². The van der Waals surface area contributed by atoms with Crippen molar-refractivity contribution in [1.29, 1.82) is 0 Å². The summed E-state index contributed by atoms with van der Waals surface area (Å²) in [6, 6.07) is 4.86. The lowest BCUT2D eigenvalue weighted by molar-refractivity contribution is -0.139.